The molecular weight excluding hydrogens is 176 g/mol. The highest BCUT2D eigenvalue weighted by Gasteiger charge is 2.31. The Morgan fingerprint density at radius 2 is 2.21 bits per heavy atom. The third-order valence-electron chi connectivity index (χ3n) is 3.08. The molecule has 0 aromatic carbocycles. The minimum atomic E-state index is 0.542. The van der Waals surface area contributed by atoms with Gasteiger partial charge in [0.15, 0.2) is 5.82 Å². The maximum atomic E-state index is 5.84. The van der Waals surface area contributed by atoms with E-state index in [4.69, 9.17) is 5.73 Å². The monoisotopic (exact) mass is 194 g/mol. The quantitative estimate of drug-likeness (QED) is 0.767. The van der Waals surface area contributed by atoms with Crippen LogP contribution in [-0.2, 0) is 0 Å². The van der Waals surface area contributed by atoms with Gasteiger partial charge in [0, 0.05) is 13.1 Å². The van der Waals surface area contributed by atoms with Crippen LogP contribution >= 0.6 is 0 Å². The summed E-state index contributed by atoms with van der Waals surface area (Å²) in [7, 11) is 2.06. The number of rotatable bonds is 3. The van der Waals surface area contributed by atoms with Crippen molar-refractivity contribution in [1.29, 1.82) is 0 Å². The van der Waals surface area contributed by atoms with Crippen LogP contribution in [0.4, 0.5) is 11.6 Å². The number of H-pyrrole nitrogens is 1. The standard InChI is InChI=1S/C10H18N4/c1-6(8-4-5-8)14(3)10-9(11)12-7(2)13-10/h6,8H,4-5,11H2,1-3H3,(H,12,13). The van der Waals surface area contributed by atoms with Crippen molar-refractivity contribution < 1.29 is 0 Å². The van der Waals surface area contributed by atoms with Gasteiger partial charge in [0.25, 0.3) is 0 Å². The molecule has 0 spiro atoms. The zero-order chi connectivity index (χ0) is 10.3. The highest BCUT2D eigenvalue weighted by atomic mass is 15.2. The number of anilines is 2. The lowest BCUT2D eigenvalue weighted by Crippen LogP contribution is -2.31. The van der Waals surface area contributed by atoms with Crippen LogP contribution in [0.2, 0.25) is 0 Å². The summed E-state index contributed by atoms with van der Waals surface area (Å²) >= 11 is 0. The Bertz CT molecular complexity index is 327. The third kappa shape index (κ3) is 1.56. The van der Waals surface area contributed by atoms with Crippen LogP contribution in [0.3, 0.4) is 0 Å². The van der Waals surface area contributed by atoms with Crippen LogP contribution in [0.5, 0.6) is 0 Å². The van der Waals surface area contributed by atoms with Gasteiger partial charge >= 0.3 is 0 Å². The molecule has 1 fully saturated rings. The summed E-state index contributed by atoms with van der Waals surface area (Å²) in [6.07, 6.45) is 2.68. The first kappa shape index (κ1) is 9.37. The Morgan fingerprint density at radius 3 is 2.64 bits per heavy atom. The van der Waals surface area contributed by atoms with Crippen molar-refractivity contribution >= 4 is 11.6 Å². The van der Waals surface area contributed by atoms with Gasteiger partial charge in [-0.3, -0.25) is 0 Å². The fourth-order valence-corrected chi connectivity index (χ4v) is 1.85. The molecule has 0 saturated heterocycles. The lowest BCUT2D eigenvalue weighted by atomic mass is 10.2. The summed E-state index contributed by atoms with van der Waals surface area (Å²) in [6.45, 7) is 4.16. The maximum absolute atomic E-state index is 5.84. The summed E-state index contributed by atoms with van der Waals surface area (Å²) in [5, 5.41) is 0. The molecule has 1 saturated carbocycles. The zero-order valence-corrected chi connectivity index (χ0v) is 9.04. The van der Waals surface area contributed by atoms with E-state index in [1.54, 1.807) is 0 Å². The summed E-state index contributed by atoms with van der Waals surface area (Å²) < 4.78 is 0. The van der Waals surface area contributed by atoms with Gasteiger partial charge in [-0.15, -0.1) is 0 Å². The number of nitrogen functional groups attached to an aromatic ring is 1. The number of aryl methyl sites for hydroxylation is 1. The molecule has 78 valence electrons. The second kappa shape index (κ2) is 3.19. The highest BCUT2D eigenvalue weighted by Crippen LogP contribution is 2.36. The number of imidazole rings is 1. The molecule has 2 rings (SSSR count). The van der Waals surface area contributed by atoms with E-state index in [9.17, 15) is 0 Å². The van der Waals surface area contributed by atoms with Gasteiger partial charge in [-0.05, 0) is 32.6 Å². The normalized spacial score (nSPS) is 18.2. The molecule has 1 heterocycles. The van der Waals surface area contributed by atoms with Crippen molar-refractivity contribution in [2.75, 3.05) is 17.7 Å². The Labute approximate surface area is 84.5 Å². The van der Waals surface area contributed by atoms with E-state index in [1.165, 1.54) is 12.8 Å². The molecule has 1 atom stereocenters. The largest absolute Gasteiger partial charge is 0.382 e. The number of aromatic amines is 1. The van der Waals surface area contributed by atoms with Crippen molar-refractivity contribution in [3.05, 3.63) is 5.82 Å². The van der Waals surface area contributed by atoms with E-state index in [1.807, 2.05) is 6.92 Å². The fraction of sp³-hybridized carbons (Fsp3) is 0.700. The molecular formula is C10H18N4. The smallest absolute Gasteiger partial charge is 0.171 e. The van der Waals surface area contributed by atoms with Crippen LogP contribution in [0.25, 0.3) is 0 Å². The minimum Gasteiger partial charge on any atom is -0.382 e. The predicted octanol–water partition coefficient (Wildman–Crippen LogP) is 1.54. The number of hydrogen-bond donors (Lipinski definition) is 2. The third-order valence-corrected chi connectivity index (χ3v) is 3.08. The van der Waals surface area contributed by atoms with Crippen molar-refractivity contribution in [3.63, 3.8) is 0 Å². The Hall–Kier alpha value is -1.19. The van der Waals surface area contributed by atoms with Gasteiger partial charge in [0.1, 0.15) is 11.6 Å². The Morgan fingerprint density at radius 1 is 1.57 bits per heavy atom. The summed E-state index contributed by atoms with van der Waals surface area (Å²) in [5.74, 6) is 3.28. The van der Waals surface area contributed by atoms with E-state index in [2.05, 4.69) is 28.8 Å². The van der Waals surface area contributed by atoms with Gasteiger partial charge in [0.2, 0.25) is 0 Å². The van der Waals surface area contributed by atoms with E-state index < -0.39 is 0 Å². The lowest BCUT2D eigenvalue weighted by Gasteiger charge is -2.24. The van der Waals surface area contributed by atoms with Gasteiger partial charge in [0.05, 0.1) is 0 Å². The van der Waals surface area contributed by atoms with Crippen molar-refractivity contribution in [1.82, 2.24) is 9.97 Å². The SMILES string of the molecule is Cc1nc(N(C)C(C)C2CC2)c(N)[nH]1. The zero-order valence-electron chi connectivity index (χ0n) is 9.04. The average Bonchev–Trinajstić information content (AvgIpc) is 2.90. The van der Waals surface area contributed by atoms with Crippen molar-refractivity contribution in [2.45, 2.75) is 32.7 Å². The maximum Gasteiger partial charge on any atom is 0.171 e. The van der Waals surface area contributed by atoms with E-state index in [0.29, 0.717) is 11.9 Å². The van der Waals surface area contributed by atoms with Gasteiger partial charge < -0.3 is 15.6 Å². The minimum absolute atomic E-state index is 0.542. The number of nitrogens with two attached hydrogens (primary N) is 1. The number of nitrogens with zero attached hydrogens (tertiary/aromatic N) is 2. The lowest BCUT2D eigenvalue weighted by molar-refractivity contribution is 0.605. The van der Waals surface area contributed by atoms with Gasteiger partial charge in [-0.2, -0.15) is 0 Å². The first-order valence-corrected chi connectivity index (χ1v) is 5.14. The predicted molar refractivity (Wildman–Crippen MR) is 58.3 cm³/mol. The molecule has 14 heavy (non-hydrogen) atoms. The first-order valence-electron chi connectivity index (χ1n) is 5.14. The highest BCUT2D eigenvalue weighted by molar-refractivity contribution is 5.59. The molecule has 0 radical (unpaired) electrons. The van der Waals surface area contributed by atoms with Crippen LogP contribution in [0.1, 0.15) is 25.6 Å². The molecule has 1 unspecified atom stereocenters. The molecule has 3 N–H and O–H groups in total. The topological polar surface area (TPSA) is 57.9 Å². The summed E-state index contributed by atoms with van der Waals surface area (Å²) in [5.41, 5.74) is 5.84. The molecule has 0 aliphatic heterocycles. The summed E-state index contributed by atoms with van der Waals surface area (Å²) in [6, 6.07) is 0.542. The van der Waals surface area contributed by atoms with E-state index in [-0.39, 0.29) is 0 Å². The van der Waals surface area contributed by atoms with Crippen LogP contribution in [0, 0.1) is 12.8 Å². The molecule has 1 aromatic rings. The second-order valence-corrected chi connectivity index (χ2v) is 4.25. The molecule has 1 aromatic heterocycles. The molecule has 0 bridgehead atoms. The molecule has 4 heteroatoms. The molecule has 4 nitrogen and oxygen atoms in total. The second-order valence-electron chi connectivity index (χ2n) is 4.25. The fourth-order valence-electron chi connectivity index (χ4n) is 1.85. The van der Waals surface area contributed by atoms with Crippen molar-refractivity contribution in [2.24, 2.45) is 5.92 Å². The molecule has 1 aliphatic carbocycles. The first-order chi connectivity index (χ1) is 6.59. The van der Waals surface area contributed by atoms with E-state index >= 15 is 0 Å². The van der Waals surface area contributed by atoms with Gasteiger partial charge in [-0.25, -0.2) is 4.98 Å². The Balaban J connectivity index is 2.16. The summed E-state index contributed by atoms with van der Waals surface area (Å²) in [4.78, 5) is 9.59. The van der Waals surface area contributed by atoms with Crippen LogP contribution < -0.4 is 10.6 Å². The number of nitrogens with one attached hydrogen (secondary N) is 1. The Kier molecular flexibility index (Phi) is 2.13. The van der Waals surface area contributed by atoms with Gasteiger partial charge in [-0.1, -0.05) is 0 Å². The molecule has 0 amide bonds. The molecule has 1 aliphatic rings. The van der Waals surface area contributed by atoms with Crippen LogP contribution in [-0.4, -0.2) is 23.1 Å². The van der Waals surface area contributed by atoms with Crippen molar-refractivity contribution in [3.8, 4) is 0 Å². The van der Waals surface area contributed by atoms with E-state index in [0.717, 1.165) is 17.6 Å². The van der Waals surface area contributed by atoms with Crippen LogP contribution in [0.15, 0.2) is 0 Å². The average molecular weight is 194 g/mol. The number of aromatic nitrogens is 2. The number of hydrogen-bond acceptors (Lipinski definition) is 3.